The minimum Gasteiger partial charge on any atom is -0.343 e. The van der Waals surface area contributed by atoms with Gasteiger partial charge in [-0.1, -0.05) is 19.9 Å². The lowest BCUT2D eigenvalue weighted by Crippen LogP contribution is -2.29. The van der Waals surface area contributed by atoms with E-state index in [1.165, 1.54) is 6.08 Å². The molecule has 0 unspecified atom stereocenters. The zero-order valence-corrected chi connectivity index (χ0v) is 11.4. The molecule has 0 saturated carbocycles. The van der Waals surface area contributed by atoms with Gasteiger partial charge in [-0.15, -0.1) is 0 Å². The van der Waals surface area contributed by atoms with Gasteiger partial charge >= 0.3 is 0 Å². The molecule has 0 spiro atoms. The van der Waals surface area contributed by atoms with Crippen molar-refractivity contribution in [2.75, 3.05) is 13.1 Å². The topological polar surface area (TPSA) is 37.4 Å². The van der Waals surface area contributed by atoms with Gasteiger partial charge in [0, 0.05) is 25.9 Å². The van der Waals surface area contributed by atoms with Crippen LogP contribution in [0.15, 0.2) is 12.7 Å². The monoisotopic (exact) mass is 239 g/mol. The molecule has 0 bridgehead atoms. The maximum absolute atomic E-state index is 11.5. The number of carbonyl (C=O) groups is 2. The molecule has 3 nitrogen and oxygen atoms in total. The molecule has 1 amide bonds. The van der Waals surface area contributed by atoms with Crippen LogP contribution in [0.5, 0.6) is 0 Å². The molecule has 98 valence electrons. The third-order valence-corrected chi connectivity index (χ3v) is 3.15. The van der Waals surface area contributed by atoms with Crippen molar-refractivity contribution < 1.29 is 9.59 Å². The highest BCUT2D eigenvalue weighted by atomic mass is 16.2. The Bertz CT molecular complexity index is 261. The number of hydrogen-bond acceptors (Lipinski definition) is 2. The summed E-state index contributed by atoms with van der Waals surface area (Å²) >= 11 is 0. The summed E-state index contributed by atoms with van der Waals surface area (Å²) in [6.45, 7) is 10.7. The van der Waals surface area contributed by atoms with Crippen molar-refractivity contribution in [3.8, 4) is 0 Å². The minimum absolute atomic E-state index is 0.111. The van der Waals surface area contributed by atoms with Crippen molar-refractivity contribution in [3.05, 3.63) is 12.7 Å². The average molecular weight is 239 g/mol. The molecule has 0 aliphatic rings. The number of nitrogens with zero attached hydrogens (tertiary/aromatic N) is 1. The molecule has 0 saturated heterocycles. The number of unbranched alkanes of at least 4 members (excludes halogenated alkanes) is 1. The smallest absolute Gasteiger partial charge is 0.219 e. The van der Waals surface area contributed by atoms with Gasteiger partial charge in [-0.25, -0.2) is 0 Å². The summed E-state index contributed by atoms with van der Waals surface area (Å²) in [5.74, 6) is 0.382. The van der Waals surface area contributed by atoms with Crippen molar-refractivity contribution in [1.29, 1.82) is 0 Å². The van der Waals surface area contributed by atoms with Crippen LogP contribution in [0.4, 0.5) is 0 Å². The van der Waals surface area contributed by atoms with Crippen LogP contribution in [0.3, 0.4) is 0 Å². The summed E-state index contributed by atoms with van der Waals surface area (Å²) in [5.41, 5.74) is 0. The highest BCUT2D eigenvalue weighted by molar-refractivity contribution is 5.91. The number of amides is 1. The molecule has 0 aromatic rings. The molecule has 0 aliphatic carbocycles. The summed E-state index contributed by atoms with van der Waals surface area (Å²) in [6.07, 6.45) is 5.14. The van der Waals surface area contributed by atoms with Crippen LogP contribution in [0, 0.1) is 5.92 Å². The molecule has 17 heavy (non-hydrogen) atoms. The molecule has 0 aliphatic heterocycles. The van der Waals surface area contributed by atoms with Gasteiger partial charge in [0.2, 0.25) is 5.91 Å². The largest absolute Gasteiger partial charge is 0.343 e. The fraction of sp³-hybridized carbons (Fsp3) is 0.714. The lowest BCUT2D eigenvalue weighted by atomic mass is 9.94. The quantitative estimate of drug-likeness (QED) is 0.458. The number of rotatable bonds is 9. The third kappa shape index (κ3) is 6.25. The van der Waals surface area contributed by atoms with Crippen molar-refractivity contribution in [2.45, 2.75) is 46.5 Å². The van der Waals surface area contributed by atoms with Crippen LogP contribution in [-0.4, -0.2) is 29.7 Å². The lowest BCUT2D eigenvalue weighted by Gasteiger charge is -2.19. The van der Waals surface area contributed by atoms with Crippen molar-refractivity contribution in [1.82, 2.24) is 4.90 Å². The molecular formula is C14H25NO2. The molecule has 3 heteroatoms. The second kappa shape index (κ2) is 8.97. The number of carbonyl (C=O) groups excluding carboxylic acids is 2. The van der Waals surface area contributed by atoms with E-state index in [4.69, 9.17) is 0 Å². The maximum Gasteiger partial charge on any atom is 0.219 e. The molecule has 0 heterocycles. The SMILES string of the molecule is C=CC(=O)[C@H](CC)CCCCN(CC)C(C)=O. The molecule has 0 N–H and O–H groups in total. The summed E-state index contributed by atoms with van der Waals surface area (Å²) < 4.78 is 0. The van der Waals surface area contributed by atoms with E-state index < -0.39 is 0 Å². The second-order valence-corrected chi connectivity index (χ2v) is 4.31. The van der Waals surface area contributed by atoms with Gasteiger partial charge in [-0.05, 0) is 32.3 Å². The highest BCUT2D eigenvalue weighted by Gasteiger charge is 2.13. The van der Waals surface area contributed by atoms with E-state index in [1.807, 2.05) is 18.7 Å². The van der Waals surface area contributed by atoms with Crippen LogP contribution in [0.25, 0.3) is 0 Å². The van der Waals surface area contributed by atoms with Gasteiger partial charge in [-0.3, -0.25) is 9.59 Å². The minimum atomic E-state index is 0.111. The van der Waals surface area contributed by atoms with E-state index in [0.717, 1.165) is 38.8 Å². The van der Waals surface area contributed by atoms with Crippen LogP contribution in [0.1, 0.15) is 46.5 Å². The predicted molar refractivity (Wildman–Crippen MR) is 70.8 cm³/mol. The van der Waals surface area contributed by atoms with E-state index in [9.17, 15) is 9.59 Å². The number of allylic oxidation sites excluding steroid dienone is 1. The third-order valence-electron chi connectivity index (χ3n) is 3.15. The van der Waals surface area contributed by atoms with E-state index in [-0.39, 0.29) is 17.6 Å². The van der Waals surface area contributed by atoms with Crippen LogP contribution in [-0.2, 0) is 9.59 Å². The Morgan fingerprint density at radius 2 is 1.94 bits per heavy atom. The first-order chi connectivity index (χ1) is 8.06. The summed E-state index contributed by atoms with van der Waals surface area (Å²) in [6, 6.07) is 0. The van der Waals surface area contributed by atoms with Gasteiger partial charge in [0.15, 0.2) is 5.78 Å². The van der Waals surface area contributed by atoms with Gasteiger partial charge < -0.3 is 4.90 Å². The lowest BCUT2D eigenvalue weighted by molar-refractivity contribution is -0.128. The normalized spacial score (nSPS) is 11.9. The Hall–Kier alpha value is -1.12. The molecule has 0 rings (SSSR count). The van der Waals surface area contributed by atoms with Gasteiger partial charge in [0.05, 0.1) is 0 Å². The standard InChI is InChI=1S/C14H25NO2/c1-5-13(14(17)6-2)10-8-9-11-15(7-3)12(4)16/h6,13H,2,5,7-11H2,1,3-4H3/t13-/m1/s1. The van der Waals surface area contributed by atoms with E-state index in [1.54, 1.807) is 6.92 Å². The fourth-order valence-corrected chi connectivity index (χ4v) is 1.95. The van der Waals surface area contributed by atoms with Crippen molar-refractivity contribution in [3.63, 3.8) is 0 Å². The summed E-state index contributed by atoms with van der Waals surface area (Å²) in [4.78, 5) is 24.5. The van der Waals surface area contributed by atoms with Gasteiger partial charge in [0.25, 0.3) is 0 Å². The van der Waals surface area contributed by atoms with E-state index in [2.05, 4.69) is 6.58 Å². The second-order valence-electron chi connectivity index (χ2n) is 4.31. The van der Waals surface area contributed by atoms with Crippen LogP contribution >= 0.6 is 0 Å². The molecule has 0 fully saturated rings. The predicted octanol–water partition coefficient (Wildman–Crippen LogP) is 2.81. The molecule has 0 aromatic heterocycles. The molecule has 1 atom stereocenters. The first kappa shape index (κ1) is 15.9. The van der Waals surface area contributed by atoms with E-state index in [0.29, 0.717) is 0 Å². The number of hydrogen-bond donors (Lipinski definition) is 0. The van der Waals surface area contributed by atoms with Crippen molar-refractivity contribution >= 4 is 11.7 Å². The van der Waals surface area contributed by atoms with Crippen molar-refractivity contribution in [2.24, 2.45) is 5.92 Å². The van der Waals surface area contributed by atoms with Crippen LogP contribution in [0.2, 0.25) is 0 Å². The average Bonchev–Trinajstić information content (AvgIpc) is 2.32. The Kier molecular flexibility index (Phi) is 8.38. The van der Waals surface area contributed by atoms with Crippen LogP contribution < -0.4 is 0 Å². The summed E-state index contributed by atoms with van der Waals surface area (Å²) in [7, 11) is 0. The van der Waals surface area contributed by atoms with Gasteiger partial charge in [0.1, 0.15) is 0 Å². The zero-order valence-electron chi connectivity index (χ0n) is 11.4. The first-order valence-corrected chi connectivity index (χ1v) is 6.48. The Morgan fingerprint density at radius 3 is 2.35 bits per heavy atom. The summed E-state index contributed by atoms with van der Waals surface area (Å²) in [5, 5.41) is 0. The Labute approximate surface area is 105 Å². The number of ketones is 1. The molecular weight excluding hydrogens is 214 g/mol. The highest BCUT2D eigenvalue weighted by Crippen LogP contribution is 2.14. The van der Waals surface area contributed by atoms with Gasteiger partial charge in [-0.2, -0.15) is 0 Å². The Balaban J connectivity index is 3.86. The zero-order chi connectivity index (χ0) is 13.3. The fourth-order valence-electron chi connectivity index (χ4n) is 1.95. The Morgan fingerprint density at radius 1 is 1.29 bits per heavy atom. The molecule has 0 aromatic carbocycles. The maximum atomic E-state index is 11.5. The van der Waals surface area contributed by atoms with E-state index >= 15 is 0 Å². The molecule has 0 radical (unpaired) electrons. The first-order valence-electron chi connectivity index (χ1n) is 6.48.